The zero-order chi connectivity index (χ0) is 14.8. The second-order valence-corrected chi connectivity index (χ2v) is 5.56. The lowest BCUT2D eigenvalue weighted by Crippen LogP contribution is -2.43. The van der Waals surface area contributed by atoms with E-state index in [9.17, 15) is 9.59 Å². The number of anilines is 1. The molecule has 1 aromatic heterocycles. The van der Waals surface area contributed by atoms with Crippen molar-refractivity contribution in [2.24, 2.45) is 5.92 Å². The van der Waals surface area contributed by atoms with Gasteiger partial charge in [-0.2, -0.15) is 0 Å². The molecule has 2 amide bonds. The number of aromatic amines is 1. The van der Waals surface area contributed by atoms with Crippen LogP contribution in [-0.2, 0) is 9.59 Å². The van der Waals surface area contributed by atoms with Crippen LogP contribution in [-0.4, -0.2) is 39.8 Å². The number of nitrogens with zero attached hydrogens (tertiary/aromatic N) is 2. The van der Waals surface area contributed by atoms with Gasteiger partial charge in [-0.3, -0.25) is 9.59 Å². The lowest BCUT2D eigenvalue weighted by molar-refractivity contribution is -0.144. The molecule has 1 saturated heterocycles. The van der Waals surface area contributed by atoms with Crippen LogP contribution < -0.4 is 5.32 Å². The lowest BCUT2D eigenvalue weighted by Gasteiger charge is -2.29. The maximum absolute atomic E-state index is 12.1. The molecule has 110 valence electrons. The number of piperidine rings is 1. The average Bonchev–Trinajstić information content (AvgIpc) is 2.95. The minimum absolute atomic E-state index is 0.452. The highest BCUT2D eigenvalue weighted by Gasteiger charge is 2.25. The summed E-state index contributed by atoms with van der Waals surface area (Å²) in [6, 6.07) is 5.31. The molecule has 0 spiro atoms. The Hall–Kier alpha value is -2.37. The fourth-order valence-corrected chi connectivity index (χ4v) is 2.55. The number of aromatic nitrogens is 2. The van der Waals surface area contributed by atoms with E-state index in [0.717, 1.165) is 23.9 Å². The van der Waals surface area contributed by atoms with Gasteiger partial charge in [0.15, 0.2) is 0 Å². The Kier molecular flexibility index (Phi) is 3.60. The van der Waals surface area contributed by atoms with Crippen LogP contribution in [0.15, 0.2) is 24.5 Å². The third-order valence-electron chi connectivity index (χ3n) is 3.94. The van der Waals surface area contributed by atoms with Gasteiger partial charge in [-0.25, -0.2) is 4.98 Å². The lowest BCUT2D eigenvalue weighted by atomic mass is 9.99. The number of carbonyl (C=O) groups is 2. The number of benzene rings is 1. The van der Waals surface area contributed by atoms with Crippen LogP contribution in [0.3, 0.4) is 0 Å². The van der Waals surface area contributed by atoms with E-state index in [1.54, 1.807) is 29.4 Å². The number of rotatable bonds is 1. The fourth-order valence-electron chi connectivity index (χ4n) is 2.55. The summed E-state index contributed by atoms with van der Waals surface area (Å²) in [6.07, 6.45) is 3.51. The Labute approximate surface area is 122 Å². The second kappa shape index (κ2) is 5.55. The Morgan fingerprint density at radius 1 is 1.33 bits per heavy atom. The Bertz CT molecular complexity index is 671. The summed E-state index contributed by atoms with van der Waals surface area (Å²) in [6.45, 7) is 3.49. The summed E-state index contributed by atoms with van der Waals surface area (Å²) < 4.78 is 0. The maximum atomic E-state index is 12.1. The standard InChI is InChI=1S/C15H18N4O2/c1-10-4-6-19(7-5-10)15(21)14(20)18-11-2-3-12-13(8-11)17-9-16-12/h2-3,8-10H,4-7H2,1H3,(H,16,17)(H,18,20). The number of likely N-dealkylation sites (tertiary alicyclic amines) is 1. The van der Waals surface area contributed by atoms with Crippen LogP contribution in [0.2, 0.25) is 0 Å². The van der Waals surface area contributed by atoms with Crippen molar-refractivity contribution < 1.29 is 9.59 Å². The Morgan fingerprint density at radius 3 is 2.86 bits per heavy atom. The minimum Gasteiger partial charge on any atom is -0.345 e. The summed E-state index contributed by atoms with van der Waals surface area (Å²) in [5, 5.41) is 2.65. The van der Waals surface area contributed by atoms with Crippen molar-refractivity contribution in [2.75, 3.05) is 18.4 Å². The van der Waals surface area contributed by atoms with Crippen LogP contribution in [0, 0.1) is 5.92 Å². The molecule has 0 radical (unpaired) electrons. The van der Waals surface area contributed by atoms with Gasteiger partial charge < -0.3 is 15.2 Å². The van der Waals surface area contributed by atoms with E-state index in [4.69, 9.17) is 0 Å². The molecule has 2 heterocycles. The second-order valence-electron chi connectivity index (χ2n) is 5.56. The average molecular weight is 286 g/mol. The van der Waals surface area contributed by atoms with E-state index in [1.807, 2.05) is 0 Å². The molecule has 21 heavy (non-hydrogen) atoms. The highest BCUT2D eigenvalue weighted by atomic mass is 16.2. The topological polar surface area (TPSA) is 78.1 Å². The van der Waals surface area contributed by atoms with Crippen molar-refractivity contribution >= 4 is 28.5 Å². The number of H-pyrrole nitrogens is 1. The largest absolute Gasteiger partial charge is 0.345 e. The van der Waals surface area contributed by atoms with E-state index >= 15 is 0 Å². The molecule has 0 saturated carbocycles. The summed E-state index contributed by atoms with van der Waals surface area (Å²) in [7, 11) is 0. The van der Waals surface area contributed by atoms with Gasteiger partial charge in [-0.15, -0.1) is 0 Å². The van der Waals surface area contributed by atoms with Crippen molar-refractivity contribution in [3.8, 4) is 0 Å². The summed E-state index contributed by atoms with van der Waals surface area (Å²) in [5.74, 6) is -0.407. The van der Waals surface area contributed by atoms with Crippen LogP contribution in [0.4, 0.5) is 5.69 Å². The normalized spacial score (nSPS) is 16.1. The van der Waals surface area contributed by atoms with Gasteiger partial charge >= 0.3 is 11.8 Å². The van der Waals surface area contributed by atoms with Crippen molar-refractivity contribution in [3.05, 3.63) is 24.5 Å². The molecule has 1 aliphatic heterocycles. The molecule has 3 rings (SSSR count). The molecule has 0 unspecified atom stereocenters. The molecule has 6 heteroatoms. The van der Waals surface area contributed by atoms with Gasteiger partial charge in [0.25, 0.3) is 0 Å². The smallest absolute Gasteiger partial charge is 0.313 e. The molecule has 0 bridgehead atoms. The first-order valence-electron chi connectivity index (χ1n) is 7.17. The highest BCUT2D eigenvalue weighted by Crippen LogP contribution is 2.18. The molecule has 1 fully saturated rings. The summed E-state index contributed by atoms with van der Waals surface area (Å²) in [5.41, 5.74) is 2.24. The zero-order valence-electron chi connectivity index (χ0n) is 11.9. The summed E-state index contributed by atoms with van der Waals surface area (Å²) >= 11 is 0. The predicted molar refractivity (Wildman–Crippen MR) is 79.7 cm³/mol. The van der Waals surface area contributed by atoms with Gasteiger partial charge in [0, 0.05) is 18.8 Å². The predicted octanol–water partition coefficient (Wildman–Crippen LogP) is 1.76. The number of amides is 2. The minimum atomic E-state index is -0.580. The quantitative estimate of drug-likeness (QED) is 0.784. The SMILES string of the molecule is CC1CCN(C(=O)C(=O)Nc2ccc3nc[nH]c3c2)CC1. The third kappa shape index (κ3) is 2.89. The number of hydrogen-bond acceptors (Lipinski definition) is 3. The summed E-state index contributed by atoms with van der Waals surface area (Å²) in [4.78, 5) is 32.9. The molecule has 0 atom stereocenters. The number of imidazole rings is 1. The van der Waals surface area contributed by atoms with Crippen molar-refractivity contribution in [3.63, 3.8) is 0 Å². The van der Waals surface area contributed by atoms with E-state index < -0.39 is 11.8 Å². The number of nitrogens with one attached hydrogen (secondary N) is 2. The monoisotopic (exact) mass is 286 g/mol. The number of fused-ring (bicyclic) bond motifs is 1. The van der Waals surface area contributed by atoms with E-state index in [-0.39, 0.29) is 0 Å². The first-order valence-corrected chi connectivity index (χ1v) is 7.17. The van der Waals surface area contributed by atoms with Gasteiger partial charge in [0.05, 0.1) is 17.4 Å². The van der Waals surface area contributed by atoms with Crippen LogP contribution >= 0.6 is 0 Å². The van der Waals surface area contributed by atoms with Crippen LogP contribution in [0.5, 0.6) is 0 Å². The fraction of sp³-hybridized carbons (Fsp3) is 0.400. The molecule has 0 aliphatic carbocycles. The van der Waals surface area contributed by atoms with Crippen molar-refractivity contribution in [1.82, 2.24) is 14.9 Å². The Morgan fingerprint density at radius 2 is 2.10 bits per heavy atom. The van der Waals surface area contributed by atoms with Gasteiger partial charge in [-0.1, -0.05) is 6.92 Å². The molecule has 2 N–H and O–H groups in total. The van der Waals surface area contributed by atoms with E-state index in [1.165, 1.54) is 0 Å². The number of carbonyl (C=O) groups excluding carboxylic acids is 2. The molecule has 6 nitrogen and oxygen atoms in total. The van der Waals surface area contributed by atoms with Gasteiger partial charge in [0.2, 0.25) is 0 Å². The molecular weight excluding hydrogens is 268 g/mol. The number of hydrogen-bond donors (Lipinski definition) is 2. The Balaban J connectivity index is 1.66. The van der Waals surface area contributed by atoms with Gasteiger partial charge in [-0.05, 0) is 37.0 Å². The molecule has 1 aromatic carbocycles. The van der Waals surface area contributed by atoms with Crippen LogP contribution in [0.25, 0.3) is 11.0 Å². The first-order chi connectivity index (χ1) is 10.1. The van der Waals surface area contributed by atoms with Gasteiger partial charge in [0.1, 0.15) is 0 Å². The molecular formula is C15H18N4O2. The van der Waals surface area contributed by atoms with Crippen molar-refractivity contribution in [2.45, 2.75) is 19.8 Å². The zero-order valence-corrected chi connectivity index (χ0v) is 11.9. The van der Waals surface area contributed by atoms with Crippen LogP contribution in [0.1, 0.15) is 19.8 Å². The maximum Gasteiger partial charge on any atom is 0.313 e. The van der Waals surface area contributed by atoms with E-state index in [2.05, 4.69) is 22.2 Å². The molecule has 1 aliphatic rings. The van der Waals surface area contributed by atoms with E-state index in [0.29, 0.717) is 24.7 Å². The molecule has 2 aromatic rings. The van der Waals surface area contributed by atoms with Crippen molar-refractivity contribution in [1.29, 1.82) is 0 Å². The highest BCUT2D eigenvalue weighted by molar-refractivity contribution is 6.39. The first kappa shape index (κ1) is 13.6. The third-order valence-corrected chi connectivity index (χ3v) is 3.94.